The monoisotopic (exact) mass is 314 g/mol. The predicted octanol–water partition coefficient (Wildman–Crippen LogP) is 2.57. The molecule has 1 aromatic carbocycles. The van der Waals surface area contributed by atoms with E-state index in [0.717, 1.165) is 36.6 Å². The standard InChI is InChI=1S/C18H26N4O/c1-12(2)19-16-11-14(9-10-17(16)23)18-20-13(3)21-22(18)15-7-5-4-6-8-15/h4-8,12,14,16-17,19,23H,9-11H2,1-3H3/t14-,16+,17+/m0/s1. The van der Waals surface area contributed by atoms with Crippen LogP contribution in [0.2, 0.25) is 0 Å². The molecule has 1 fully saturated rings. The molecule has 0 unspecified atom stereocenters. The van der Waals surface area contributed by atoms with Crippen LogP contribution >= 0.6 is 0 Å². The minimum Gasteiger partial charge on any atom is -0.392 e. The van der Waals surface area contributed by atoms with Gasteiger partial charge in [-0.25, -0.2) is 9.67 Å². The number of para-hydroxylation sites is 1. The van der Waals surface area contributed by atoms with Crippen LogP contribution in [0, 0.1) is 6.92 Å². The zero-order chi connectivity index (χ0) is 16.4. The Hall–Kier alpha value is -1.72. The minimum atomic E-state index is -0.275. The van der Waals surface area contributed by atoms with Crippen LogP contribution in [0.15, 0.2) is 30.3 Å². The lowest BCUT2D eigenvalue weighted by Crippen LogP contribution is -2.47. The zero-order valence-electron chi connectivity index (χ0n) is 14.1. The third-order valence-electron chi connectivity index (χ3n) is 4.47. The second kappa shape index (κ2) is 6.81. The van der Waals surface area contributed by atoms with Crippen molar-refractivity contribution in [3.05, 3.63) is 42.0 Å². The number of hydrogen-bond donors (Lipinski definition) is 2. The highest BCUT2D eigenvalue weighted by atomic mass is 16.3. The van der Waals surface area contributed by atoms with Crippen molar-refractivity contribution in [1.82, 2.24) is 20.1 Å². The summed E-state index contributed by atoms with van der Waals surface area (Å²) in [6.45, 7) is 6.17. The van der Waals surface area contributed by atoms with Crippen molar-refractivity contribution in [2.45, 2.75) is 64.1 Å². The van der Waals surface area contributed by atoms with Gasteiger partial charge in [-0.2, -0.15) is 5.10 Å². The van der Waals surface area contributed by atoms with E-state index in [2.05, 4.69) is 36.4 Å². The van der Waals surface area contributed by atoms with E-state index in [1.54, 1.807) is 0 Å². The molecule has 2 N–H and O–H groups in total. The molecule has 0 radical (unpaired) electrons. The first-order chi connectivity index (χ1) is 11.0. The molecule has 124 valence electrons. The van der Waals surface area contributed by atoms with Crippen LogP contribution in [-0.2, 0) is 0 Å². The van der Waals surface area contributed by atoms with Gasteiger partial charge in [0.15, 0.2) is 0 Å². The van der Waals surface area contributed by atoms with E-state index in [1.165, 1.54) is 0 Å². The molecule has 0 amide bonds. The van der Waals surface area contributed by atoms with Gasteiger partial charge in [0, 0.05) is 18.0 Å². The van der Waals surface area contributed by atoms with Gasteiger partial charge in [-0.15, -0.1) is 0 Å². The summed E-state index contributed by atoms with van der Waals surface area (Å²) >= 11 is 0. The summed E-state index contributed by atoms with van der Waals surface area (Å²) in [6, 6.07) is 10.6. The van der Waals surface area contributed by atoms with Crippen LogP contribution in [0.5, 0.6) is 0 Å². The van der Waals surface area contributed by atoms with Gasteiger partial charge >= 0.3 is 0 Å². The summed E-state index contributed by atoms with van der Waals surface area (Å²) < 4.78 is 1.96. The number of aliphatic hydroxyl groups is 1. The average Bonchev–Trinajstić information content (AvgIpc) is 2.92. The first-order valence-corrected chi connectivity index (χ1v) is 8.47. The van der Waals surface area contributed by atoms with E-state index < -0.39 is 0 Å². The van der Waals surface area contributed by atoms with Crippen molar-refractivity contribution in [1.29, 1.82) is 0 Å². The molecule has 23 heavy (non-hydrogen) atoms. The molecule has 0 spiro atoms. The van der Waals surface area contributed by atoms with E-state index in [0.29, 0.717) is 12.0 Å². The minimum absolute atomic E-state index is 0.120. The molecule has 0 saturated heterocycles. The maximum absolute atomic E-state index is 10.3. The van der Waals surface area contributed by atoms with Gasteiger partial charge in [-0.05, 0) is 38.3 Å². The number of rotatable bonds is 4. The number of benzene rings is 1. The second-order valence-corrected chi connectivity index (χ2v) is 6.77. The Morgan fingerprint density at radius 1 is 1.22 bits per heavy atom. The van der Waals surface area contributed by atoms with Gasteiger partial charge in [0.25, 0.3) is 0 Å². The first-order valence-electron chi connectivity index (χ1n) is 8.47. The van der Waals surface area contributed by atoms with E-state index in [4.69, 9.17) is 4.98 Å². The molecule has 2 aromatic rings. The normalized spacial score (nSPS) is 25.0. The molecule has 3 atom stereocenters. The van der Waals surface area contributed by atoms with Crippen LogP contribution in [0.1, 0.15) is 50.7 Å². The number of nitrogens with one attached hydrogen (secondary N) is 1. The van der Waals surface area contributed by atoms with Gasteiger partial charge in [0.2, 0.25) is 0 Å². The SMILES string of the molecule is Cc1nc([C@H]2CC[C@@H](O)[C@H](NC(C)C)C2)n(-c2ccccc2)n1. The summed E-state index contributed by atoms with van der Waals surface area (Å²) in [5.41, 5.74) is 1.04. The average molecular weight is 314 g/mol. The summed E-state index contributed by atoms with van der Waals surface area (Å²) in [5.74, 6) is 2.12. The number of aryl methyl sites for hydroxylation is 1. The van der Waals surface area contributed by atoms with Crippen LogP contribution in [0.3, 0.4) is 0 Å². The lowest BCUT2D eigenvalue weighted by atomic mass is 9.83. The fourth-order valence-corrected chi connectivity index (χ4v) is 3.45. The molecule has 1 aliphatic rings. The molecule has 1 saturated carbocycles. The fraction of sp³-hybridized carbons (Fsp3) is 0.556. The first kappa shape index (κ1) is 16.1. The van der Waals surface area contributed by atoms with Crippen molar-refractivity contribution in [2.75, 3.05) is 0 Å². The predicted molar refractivity (Wildman–Crippen MR) is 90.8 cm³/mol. The number of aliphatic hydroxyl groups excluding tert-OH is 1. The zero-order valence-corrected chi connectivity index (χ0v) is 14.1. The summed E-state index contributed by atoms with van der Waals surface area (Å²) in [7, 11) is 0. The maximum atomic E-state index is 10.3. The molecule has 5 nitrogen and oxygen atoms in total. The Bertz CT molecular complexity index is 638. The van der Waals surface area contributed by atoms with Gasteiger partial charge in [0.1, 0.15) is 11.6 Å². The smallest absolute Gasteiger partial charge is 0.148 e. The molecule has 1 aromatic heterocycles. The highest BCUT2D eigenvalue weighted by molar-refractivity contribution is 5.32. The molecule has 3 rings (SSSR count). The third-order valence-corrected chi connectivity index (χ3v) is 4.47. The van der Waals surface area contributed by atoms with Crippen LogP contribution in [-0.4, -0.2) is 38.1 Å². The molecular weight excluding hydrogens is 288 g/mol. The lowest BCUT2D eigenvalue weighted by molar-refractivity contribution is 0.0779. The Kier molecular flexibility index (Phi) is 4.78. The van der Waals surface area contributed by atoms with Crippen molar-refractivity contribution < 1.29 is 5.11 Å². The highest BCUT2D eigenvalue weighted by Gasteiger charge is 2.33. The molecular formula is C18H26N4O. The quantitative estimate of drug-likeness (QED) is 0.910. The Labute approximate surface area is 137 Å². The summed E-state index contributed by atoms with van der Waals surface area (Å²) in [6.07, 6.45) is 2.37. The van der Waals surface area contributed by atoms with Crippen molar-refractivity contribution in [3.8, 4) is 5.69 Å². The fourth-order valence-electron chi connectivity index (χ4n) is 3.45. The van der Waals surface area contributed by atoms with Crippen molar-refractivity contribution in [2.24, 2.45) is 0 Å². The van der Waals surface area contributed by atoms with E-state index in [9.17, 15) is 5.11 Å². The summed E-state index contributed by atoms with van der Waals surface area (Å²) in [4.78, 5) is 4.69. The number of aromatic nitrogens is 3. The topological polar surface area (TPSA) is 63.0 Å². The van der Waals surface area contributed by atoms with Crippen LogP contribution < -0.4 is 5.32 Å². The number of nitrogens with zero attached hydrogens (tertiary/aromatic N) is 3. The van der Waals surface area contributed by atoms with Gasteiger partial charge in [0.05, 0.1) is 11.8 Å². The van der Waals surface area contributed by atoms with E-state index in [1.807, 2.05) is 29.8 Å². The molecule has 5 heteroatoms. The van der Waals surface area contributed by atoms with Gasteiger partial charge in [-0.3, -0.25) is 0 Å². The summed E-state index contributed by atoms with van der Waals surface area (Å²) in [5, 5.41) is 18.3. The van der Waals surface area contributed by atoms with Crippen LogP contribution in [0.4, 0.5) is 0 Å². The van der Waals surface area contributed by atoms with E-state index in [-0.39, 0.29) is 12.1 Å². The van der Waals surface area contributed by atoms with Crippen molar-refractivity contribution in [3.63, 3.8) is 0 Å². The molecule has 1 aliphatic carbocycles. The molecule has 1 heterocycles. The third kappa shape index (κ3) is 3.62. The highest BCUT2D eigenvalue weighted by Crippen LogP contribution is 2.33. The van der Waals surface area contributed by atoms with Crippen LogP contribution in [0.25, 0.3) is 5.69 Å². The Morgan fingerprint density at radius 3 is 2.65 bits per heavy atom. The van der Waals surface area contributed by atoms with Gasteiger partial charge < -0.3 is 10.4 Å². The second-order valence-electron chi connectivity index (χ2n) is 6.77. The molecule has 0 aliphatic heterocycles. The Morgan fingerprint density at radius 2 is 1.96 bits per heavy atom. The largest absolute Gasteiger partial charge is 0.392 e. The number of hydrogen-bond acceptors (Lipinski definition) is 4. The Balaban J connectivity index is 1.87. The van der Waals surface area contributed by atoms with Gasteiger partial charge in [-0.1, -0.05) is 32.0 Å². The maximum Gasteiger partial charge on any atom is 0.148 e. The van der Waals surface area contributed by atoms with E-state index >= 15 is 0 Å². The lowest BCUT2D eigenvalue weighted by Gasteiger charge is -2.34. The molecule has 0 bridgehead atoms. The van der Waals surface area contributed by atoms with Crippen molar-refractivity contribution >= 4 is 0 Å².